The lowest BCUT2D eigenvalue weighted by molar-refractivity contribution is 0.425. The lowest BCUT2D eigenvalue weighted by Gasteiger charge is -2.13. The summed E-state index contributed by atoms with van der Waals surface area (Å²) >= 11 is 5.97. The smallest absolute Gasteiger partial charge is 0.225 e. The van der Waals surface area contributed by atoms with E-state index in [1.807, 2.05) is 32.3 Å². The first-order valence-electron chi connectivity index (χ1n) is 8.42. The van der Waals surface area contributed by atoms with E-state index in [0.717, 1.165) is 6.54 Å². The highest BCUT2D eigenvalue weighted by Crippen LogP contribution is 2.25. The summed E-state index contributed by atoms with van der Waals surface area (Å²) in [6.07, 6.45) is 1.69. The minimum atomic E-state index is -0.417. The maximum absolute atomic E-state index is 14.1. The minimum absolute atomic E-state index is 0.243. The molecule has 0 atom stereocenters. The molecule has 2 aromatic heterocycles. The van der Waals surface area contributed by atoms with E-state index >= 15 is 0 Å². The second-order valence-corrected chi connectivity index (χ2v) is 6.59. The number of hydrogen-bond acceptors (Lipinski definition) is 6. The minimum Gasteiger partial charge on any atom is -0.353 e. The highest BCUT2D eigenvalue weighted by Gasteiger charge is 2.10. The molecule has 0 amide bonds. The summed E-state index contributed by atoms with van der Waals surface area (Å²) in [5, 5.41) is 6.59. The average molecular weight is 387 g/mol. The Balaban J connectivity index is 1.92. The molecule has 0 saturated carbocycles. The van der Waals surface area contributed by atoms with Crippen LogP contribution in [-0.2, 0) is 0 Å². The van der Waals surface area contributed by atoms with Crippen molar-refractivity contribution < 1.29 is 4.39 Å². The van der Waals surface area contributed by atoms with Gasteiger partial charge in [-0.3, -0.25) is 4.98 Å². The van der Waals surface area contributed by atoms with Crippen LogP contribution in [0.5, 0.6) is 0 Å². The predicted molar refractivity (Wildman–Crippen MR) is 107 cm³/mol. The molecule has 0 unspecified atom stereocenters. The fourth-order valence-corrected chi connectivity index (χ4v) is 2.53. The van der Waals surface area contributed by atoms with Gasteiger partial charge in [0.15, 0.2) is 0 Å². The van der Waals surface area contributed by atoms with Crippen molar-refractivity contribution in [1.29, 1.82) is 0 Å². The molecule has 6 nitrogen and oxygen atoms in total. The number of nitrogens with one attached hydrogen (secondary N) is 2. The Labute approximate surface area is 162 Å². The number of pyridine rings is 1. The third kappa shape index (κ3) is 5.35. The number of likely N-dealkylation sites (N-methyl/N-ethyl adjacent to an activating group) is 1. The molecule has 8 heteroatoms. The van der Waals surface area contributed by atoms with Crippen LogP contribution in [0.2, 0.25) is 5.02 Å². The molecule has 0 aliphatic rings. The van der Waals surface area contributed by atoms with Crippen molar-refractivity contribution in [3.63, 3.8) is 0 Å². The van der Waals surface area contributed by atoms with Gasteiger partial charge >= 0.3 is 0 Å². The fourth-order valence-electron chi connectivity index (χ4n) is 2.36. The summed E-state index contributed by atoms with van der Waals surface area (Å²) in [6.45, 7) is 1.49. The normalized spacial score (nSPS) is 10.9. The highest BCUT2D eigenvalue weighted by molar-refractivity contribution is 6.30. The van der Waals surface area contributed by atoms with Crippen molar-refractivity contribution in [2.24, 2.45) is 0 Å². The molecule has 3 aromatic rings. The highest BCUT2D eigenvalue weighted by atomic mass is 35.5. The van der Waals surface area contributed by atoms with Crippen molar-refractivity contribution in [1.82, 2.24) is 19.9 Å². The molecule has 3 rings (SSSR count). The van der Waals surface area contributed by atoms with Gasteiger partial charge in [0.2, 0.25) is 5.95 Å². The van der Waals surface area contributed by atoms with Crippen LogP contribution in [0.25, 0.3) is 11.4 Å². The third-order valence-electron chi connectivity index (χ3n) is 3.69. The van der Waals surface area contributed by atoms with Crippen LogP contribution in [0.15, 0.2) is 48.7 Å². The molecule has 0 fully saturated rings. The lowest BCUT2D eigenvalue weighted by atomic mass is 10.2. The Morgan fingerprint density at radius 1 is 1.07 bits per heavy atom. The molecule has 140 valence electrons. The summed E-state index contributed by atoms with van der Waals surface area (Å²) in [5.74, 6) is 0.462. The van der Waals surface area contributed by atoms with E-state index < -0.39 is 5.82 Å². The number of rotatable bonds is 7. The number of nitrogens with zero attached hydrogens (tertiary/aromatic N) is 4. The number of aromatic nitrogens is 3. The molecule has 1 aromatic carbocycles. The number of halogens is 2. The van der Waals surface area contributed by atoms with Gasteiger partial charge in [0, 0.05) is 30.4 Å². The van der Waals surface area contributed by atoms with Gasteiger partial charge in [-0.15, -0.1) is 0 Å². The molecule has 0 aliphatic carbocycles. The van der Waals surface area contributed by atoms with E-state index in [4.69, 9.17) is 11.6 Å². The quantitative estimate of drug-likeness (QED) is 0.638. The van der Waals surface area contributed by atoms with E-state index in [1.54, 1.807) is 12.3 Å². The molecular formula is C19H20ClFN6. The van der Waals surface area contributed by atoms with Crippen LogP contribution >= 0.6 is 11.6 Å². The first-order chi connectivity index (χ1) is 13.0. The number of benzene rings is 1. The summed E-state index contributed by atoms with van der Waals surface area (Å²) in [4.78, 5) is 15.3. The Hall–Kier alpha value is -2.77. The van der Waals surface area contributed by atoms with Crippen LogP contribution in [-0.4, -0.2) is 47.0 Å². The standard InChI is InChI=1S/C19H20ClFN6/c1-27(2)10-9-23-19-25-17(15-5-3-4-8-22-15)12-18(26-19)24-16-11-13(20)6-7-14(16)21/h3-8,11-12H,9-10H2,1-2H3,(H2,23,24,25,26). The summed E-state index contributed by atoms with van der Waals surface area (Å²) in [7, 11) is 3.98. The van der Waals surface area contributed by atoms with Crippen molar-refractivity contribution in [2.75, 3.05) is 37.8 Å². The second-order valence-electron chi connectivity index (χ2n) is 6.16. The molecule has 2 N–H and O–H groups in total. The molecule has 0 aliphatic heterocycles. The van der Waals surface area contributed by atoms with E-state index in [9.17, 15) is 4.39 Å². The zero-order chi connectivity index (χ0) is 19.2. The zero-order valence-corrected chi connectivity index (χ0v) is 15.8. The number of hydrogen-bond donors (Lipinski definition) is 2. The third-order valence-corrected chi connectivity index (χ3v) is 3.92. The molecule has 0 saturated heterocycles. The van der Waals surface area contributed by atoms with Gasteiger partial charge in [-0.2, -0.15) is 4.98 Å². The van der Waals surface area contributed by atoms with Crippen LogP contribution in [0.4, 0.5) is 21.8 Å². The van der Waals surface area contributed by atoms with Gasteiger partial charge in [0.25, 0.3) is 0 Å². The average Bonchev–Trinajstić information content (AvgIpc) is 2.65. The van der Waals surface area contributed by atoms with Crippen molar-refractivity contribution in [3.8, 4) is 11.4 Å². The maximum Gasteiger partial charge on any atom is 0.225 e. The summed E-state index contributed by atoms with van der Waals surface area (Å²) in [6, 6.07) is 11.6. The molecule has 2 heterocycles. The maximum atomic E-state index is 14.1. The second kappa shape index (κ2) is 8.75. The number of anilines is 3. The van der Waals surface area contributed by atoms with Crippen LogP contribution in [0, 0.1) is 5.82 Å². The molecule has 0 spiro atoms. The SMILES string of the molecule is CN(C)CCNc1nc(Nc2cc(Cl)ccc2F)cc(-c2ccccn2)n1. The van der Waals surface area contributed by atoms with Crippen molar-refractivity contribution >= 4 is 29.1 Å². The van der Waals surface area contributed by atoms with Crippen LogP contribution in [0.3, 0.4) is 0 Å². The van der Waals surface area contributed by atoms with Gasteiger partial charge in [0.1, 0.15) is 11.6 Å². The van der Waals surface area contributed by atoms with E-state index in [0.29, 0.717) is 34.7 Å². The van der Waals surface area contributed by atoms with E-state index in [2.05, 4.69) is 30.5 Å². The molecular weight excluding hydrogens is 367 g/mol. The van der Waals surface area contributed by atoms with Gasteiger partial charge in [0.05, 0.1) is 17.1 Å². The van der Waals surface area contributed by atoms with Gasteiger partial charge in [-0.1, -0.05) is 17.7 Å². The Morgan fingerprint density at radius 2 is 1.93 bits per heavy atom. The van der Waals surface area contributed by atoms with Gasteiger partial charge in [-0.05, 0) is 44.4 Å². The molecule has 0 radical (unpaired) electrons. The fraction of sp³-hybridized carbons (Fsp3) is 0.211. The first-order valence-corrected chi connectivity index (χ1v) is 8.80. The summed E-state index contributed by atoms with van der Waals surface area (Å²) < 4.78 is 14.1. The van der Waals surface area contributed by atoms with Crippen molar-refractivity contribution in [3.05, 3.63) is 59.5 Å². The molecule has 0 bridgehead atoms. The topological polar surface area (TPSA) is 66.0 Å². The Bertz CT molecular complexity index is 904. The Morgan fingerprint density at radius 3 is 2.67 bits per heavy atom. The van der Waals surface area contributed by atoms with Crippen LogP contribution in [0.1, 0.15) is 0 Å². The van der Waals surface area contributed by atoms with Crippen molar-refractivity contribution in [2.45, 2.75) is 0 Å². The molecule has 27 heavy (non-hydrogen) atoms. The van der Waals surface area contributed by atoms with E-state index in [-0.39, 0.29) is 5.69 Å². The predicted octanol–water partition coefficient (Wildman–Crippen LogP) is 4.05. The Kier molecular flexibility index (Phi) is 6.16. The van der Waals surface area contributed by atoms with Crippen LogP contribution < -0.4 is 10.6 Å². The largest absolute Gasteiger partial charge is 0.353 e. The zero-order valence-electron chi connectivity index (χ0n) is 15.1. The van der Waals surface area contributed by atoms with Gasteiger partial charge in [-0.25, -0.2) is 9.37 Å². The monoisotopic (exact) mass is 386 g/mol. The van der Waals surface area contributed by atoms with Gasteiger partial charge < -0.3 is 15.5 Å². The first kappa shape index (κ1) is 19.0. The van der Waals surface area contributed by atoms with E-state index in [1.165, 1.54) is 18.2 Å². The lowest BCUT2D eigenvalue weighted by Crippen LogP contribution is -2.21. The summed E-state index contributed by atoms with van der Waals surface area (Å²) in [5.41, 5.74) is 1.57.